The molecule has 1 aromatic carbocycles. The van der Waals surface area contributed by atoms with Crippen LogP contribution in [0.3, 0.4) is 0 Å². The summed E-state index contributed by atoms with van der Waals surface area (Å²) < 4.78 is 1.82. The highest BCUT2D eigenvalue weighted by atomic mass is 32.2. The molecule has 0 bridgehead atoms. The van der Waals surface area contributed by atoms with Crippen molar-refractivity contribution in [3.8, 4) is 5.69 Å². The molecule has 2 aromatic rings. The highest BCUT2D eigenvalue weighted by Gasteiger charge is 2.50. The first-order valence-corrected chi connectivity index (χ1v) is 8.59. The van der Waals surface area contributed by atoms with Crippen molar-refractivity contribution in [2.75, 3.05) is 12.3 Å². The number of hydrogen-bond donors (Lipinski definition) is 2. The van der Waals surface area contributed by atoms with Gasteiger partial charge in [0.1, 0.15) is 6.33 Å². The molecule has 1 saturated carbocycles. The van der Waals surface area contributed by atoms with Crippen molar-refractivity contribution in [2.24, 2.45) is 5.41 Å². The maximum absolute atomic E-state index is 11.9. The first-order chi connectivity index (χ1) is 11.5. The van der Waals surface area contributed by atoms with Crippen LogP contribution in [-0.2, 0) is 9.59 Å². The Balaban J connectivity index is 1.56. The molecule has 3 rings (SSSR count). The molecule has 1 amide bonds. The summed E-state index contributed by atoms with van der Waals surface area (Å²) in [5.74, 6) is -0.874. The molecule has 0 saturated heterocycles. The van der Waals surface area contributed by atoms with E-state index in [2.05, 4.69) is 15.5 Å². The third kappa shape index (κ3) is 3.59. The van der Waals surface area contributed by atoms with Gasteiger partial charge >= 0.3 is 5.97 Å². The Bertz CT molecular complexity index is 753. The van der Waals surface area contributed by atoms with E-state index < -0.39 is 11.4 Å². The molecule has 126 valence electrons. The molecule has 2 N–H and O–H groups in total. The summed E-state index contributed by atoms with van der Waals surface area (Å²) in [6.07, 6.45) is 2.85. The number of hydrogen-bond acceptors (Lipinski definition) is 5. The van der Waals surface area contributed by atoms with Gasteiger partial charge in [-0.15, -0.1) is 10.2 Å². The van der Waals surface area contributed by atoms with Gasteiger partial charge in [0.2, 0.25) is 5.91 Å². The molecule has 1 aromatic heterocycles. The minimum absolute atomic E-state index is 0.167. The lowest BCUT2D eigenvalue weighted by Crippen LogP contribution is -2.35. The van der Waals surface area contributed by atoms with Crippen LogP contribution in [0.5, 0.6) is 0 Å². The number of thioether (sulfide) groups is 1. The van der Waals surface area contributed by atoms with E-state index in [0.717, 1.165) is 11.3 Å². The van der Waals surface area contributed by atoms with Crippen molar-refractivity contribution in [2.45, 2.75) is 24.9 Å². The molecular formula is C16H18N4O3S. The number of aryl methyl sites for hydroxylation is 1. The zero-order chi connectivity index (χ0) is 17.2. The maximum Gasteiger partial charge on any atom is 0.311 e. The quantitative estimate of drug-likeness (QED) is 0.740. The minimum atomic E-state index is -0.838. The SMILES string of the molecule is Cc1ccc(-n2cnnc2SCC(=O)NCC2(C(=O)O)CC2)cc1. The molecule has 0 aliphatic heterocycles. The number of carboxylic acids is 1. The fraction of sp³-hybridized carbons (Fsp3) is 0.375. The van der Waals surface area contributed by atoms with Crippen LogP contribution >= 0.6 is 11.8 Å². The second-order valence-electron chi connectivity index (χ2n) is 5.97. The van der Waals surface area contributed by atoms with Crippen molar-refractivity contribution >= 4 is 23.6 Å². The second kappa shape index (κ2) is 6.64. The van der Waals surface area contributed by atoms with Crippen molar-refractivity contribution in [3.63, 3.8) is 0 Å². The standard InChI is InChI=1S/C16H18N4O3S/c1-11-2-4-12(5-3-11)20-10-18-19-15(20)24-8-13(21)17-9-16(6-7-16)14(22)23/h2-5,10H,6-9H2,1H3,(H,17,21)(H,22,23). The van der Waals surface area contributed by atoms with Gasteiger partial charge in [0, 0.05) is 12.2 Å². The fourth-order valence-corrected chi connectivity index (χ4v) is 3.03. The predicted molar refractivity (Wildman–Crippen MR) is 89.1 cm³/mol. The van der Waals surface area contributed by atoms with Crippen LogP contribution in [0.25, 0.3) is 5.69 Å². The zero-order valence-corrected chi connectivity index (χ0v) is 14.0. The summed E-state index contributed by atoms with van der Waals surface area (Å²) in [6, 6.07) is 7.92. The number of aliphatic carboxylic acids is 1. The number of aromatic nitrogens is 3. The average molecular weight is 346 g/mol. The van der Waals surface area contributed by atoms with Crippen molar-refractivity contribution in [1.29, 1.82) is 0 Å². The van der Waals surface area contributed by atoms with E-state index in [9.17, 15) is 9.59 Å². The number of benzene rings is 1. The first-order valence-electron chi connectivity index (χ1n) is 7.60. The van der Waals surface area contributed by atoms with Crippen LogP contribution in [0.1, 0.15) is 18.4 Å². The number of carboxylic acid groups (broad SMARTS) is 1. The summed E-state index contributed by atoms with van der Waals surface area (Å²) in [7, 11) is 0. The summed E-state index contributed by atoms with van der Waals surface area (Å²) in [5.41, 5.74) is 1.34. The van der Waals surface area contributed by atoms with E-state index in [1.54, 1.807) is 6.33 Å². The van der Waals surface area contributed by atoms with Gasteiger partial charge in [-0.25, -0.2) is 0 Å². The topological polar surface area (TPSA) is 97.1 Å². The van der Waals surface area contributed by atoms with Gasteiger partial charge in [0.15, 0.2) is 5.16 Å². The molecule has 1 fully saturated rings. The molecule has 24 heavy (non-hydrogen) atoms. The summed E-state index contributed by atoms with van der Waals surface area (Å²) in [4.78, 5) is 23.0. The third-order valence-corrected chi connectivity index (χ3v) is 5.04. The zero-order valence-electron chi connectivity index (χ0n) is 13.2. The Morgan fingerprint density at radius 1 is 1.33 bits per heavy atom. The molecule has 0 spiro atoms. The van der Waals surface area contributed by atoms with Gasteiger partial charge in [-0.2, -0.15) is 0 Å². The van der Waals surface area contributed by atoms with Gasteiger partial charge in [-0.1, -0.05) is 29.5 Å². The van der Waals surface area contributed by atoms with Crippen molar-refractivity contribution in [3.05, 3.63) is 36.2 Å². The van der Waals surface area contributed by atoms with Crippen LogP contribution in [0, 0.1) is 12.3 Å². The van der Waals surface area contributed by atoms with Gasteiger partial charge in [0.05, 0.1) is 11.2 Å². The van der Waals surface area contributed by atoms with Crippen LogP contribution in [0.15, 0.2) is 35.7 Å². The fourth-order valence-electron chi connectivity index (χ4n) is 2.27. The number of carbonyl (C=O) groups is 2. The Morgan fingerprint density at radius 3 is 2.67 bits per heavy atom. The van der Waals surface area contributed by atoms with Crippen LogP contribution in [-0.4, -0.2) is 44.0 Å². The Labute approximate surface area is 143 Å². The Hall–Kier alpha value is -2.35. The van der Waals surface area contributed by atoms with E-state index in [0.29, 0.717) is 18.0 Å². The Kier molecular flexibility index (Phi) is 4.57. The minimum Gasteiger partial charge on any atom is -0.481 e. The predicted octanol–water partition coefficient (Wildman–Crippen LogP) is 1.65. The largest absolute Gasteiger partial charge is 0.481 e. The summed E-state index contributed by atoms with van der Waals surface area (Å²) in [6.45, 7) is 2.20. The lowest BCUT2D eigenvalue weighted by atomic mass is 10.1. The van der Waals surface area contributed by atoms with Crippen molar-refractivity contribution < 1.29 is 14.7 Å². The highest BCUT2D eigenvalue weighted by molar-refractivity contribution is 7.99. The summed E-state index contributed by atoms with van der Waals surface area (Å²) in [5, 5.41) is 20.4. The highest BCUT2D eigenvalue weighted by Crippen LogP contribution is 2.45. The van der Waals surface area contributed by atoms with Gasteiger partial charge in [0.25, 0.3) is 0 Å². The molecule has 8 heteroatoms. The maximum atomic E-state index is 11.9. The molecule has 1 aliphatic carbocycles. The number of amides is 1. The van der Waals surface area contributed by atoms with Crippen molar-refractivity contribution in [1.82, 2.24) is 20.1 Å². The van der Waals surface area contributed by atoms with Crippen LogP contribution in [0.4, 0.5) is 0 Å². The first kappa shape index (κ1) is 16.5. The molecular weight excluding hydrogens is 328 g/mol. The van der Waals surface area contributed by atoms with E-state index >= 15 is 0 Å². The second-order valence-corrected chi connectivity index (χ2v) is 6.91. The van der Waals surface area contributed by atoms with E-state index in [4.69, 9.17) is 5.11 Å². The molecule has 0 radical (unpaired) electrons. The lowest BCUT2D eigenvalue weighted by molar-refractivity contribution is -0.143. The van der Waals surface area contributed by atoms with Crippen LogP contribution < -0.4 is 5.32 Å². The average Bonchev–Trinajstić information content (AvgIpc) is 3.23. The third-order valence-electron chi connectivity index (χ3n) is 4.09. The smallest absolute Gasteiger partial charge is 0.311 e. The molecule has 0 atom stereocenters. The number of nitrogens with zero attached hydrogens (tertiary/aromatic N) is 3. The normalized spacial score (nSPS) is 15.0. The number of nitrogens with one attached hydrogen (secondary N) is 1. The van der Waals surface area contributed by atoms with Gasteiger partial charge < -0.3 is 10.4 Å². The van der Waals surface area contributed by atoms with E-state index in [1.165, 1.54) is 11.8 Å². The molecule has 1 aliphatic rings. The monoisotopic (exact) mass is 346 g/mol. The molecule has 0 unspecified atom stereocenters. The lowest BCUT2D eigenvalue weighted by Gasteiger charge is -2.11. The van der Waals surface area contributed by atoms with Gasteiger partial charge in [-0.05, 0) is 31.9 Å². The molecule has 7 nitrogen and oxygen atoms in total. The Morgan fingerprint density at radius 2 is 2.04 bits per heavy atom. The van der Waals surface area contributed by atoms with Crippen LogP contribution in [0.2, 0.25) is 0 Å². The van der Waals surface area contributed by atoms with E-state index in [-0.39, 0.29) is 18.2 Å². The number of rotatable bonds is 7. The number of carbonyl (C=O) groups excluding carboxylic acids is 1. The van der Waals surface area contributed by atoms with E-state index in [1.807, 2.05) is 35.8 Å². The summed E-state index contributed by atoms with van der Waals surface area (Å²) >= 11 is 1.27. The van der Waals surface area contributed by atoms with Gasteiger partial charge in [-0.3, -0.25) is 14.2 Å². The molecule has 1 heterocycles.